The van der Waals surface area contributed by atoms with Crippen molar-refractivity contribution < 1.29 is 4.79 Å². The summed E-state index contributed by atoms with van der Waals surface area (Å²) in [5.41, 5.74) is 3.25. The normalized spacial score (nSPS) is 12.1. The van der Waals surface area contributed by atoms with Crippen molar-refractivity contribution >= 4 is 17.5 Å². The highest BCUT2D eigenvalue weighted by atomic mass is 16.2. The maximum Gasteiger partial charge on any atom is 0.242 e. The molecule has 1 amide bonds. The highest BCUT2D eigenvalue weighted by Gasteiger charge is 2.15. The molecule has 0 aliphatic heterocycles. The maximum atomic E-state index is 11.8. The van der Waals surface area contributed by atoms with Crippen LogP contribution in [0.25, 0.3) is 0 Å². The molecule has 100 valence electrons. The van der Waals surface area contributed by atoms with Crippen LogP contribution in [0.1, 0.15) is 26.3 Å². The van der Waals surface area contributed by atoms with Gasteiger partial charge in [-0.2, -0.15) is 0 Å². The molecule has 1 atom stereocenters. The van der Waals surface area contributed by atoms with Gasteiger partial charge in [0.25, 0.3) is 0 Å². The molecule has 0 saturated heterocycles. The Kier molecular flexibility index (Phi) is 4.85. The quantitative estimate of drug-likeness (QED) is 0.446. The third kappa shape index (κ3) is 3.56. The first-order valence-corrected chi connectivity index (χ1v) is 5.80. The predicted molar refractivity (Wildman–Crippen MR) is 70.9 cm³/mol. The summed E-state index contributed by atoms with van der Waals surface area (Å²) in [7, 11) is 0. The number of hydrogen-bond donors (Lipinski definition) is 4. The number of rotatable bonds is 5. The summed E-state index contributed by atoms with van der Waals surface area (Å²) in [6.07, 6.45) is 1.39. The van der Waals surface area contributed by atoms with E-state index in [0.29, 0.717) is 11.6 Å². The van der Waals surface area contributed by atoms with E-state index in [0.717, 1.165) is 5.56 Å². The van der Waals surface area contributed by atoms with Gasteiger partial charge in [0.05, 0.1) is 0 Å². The van der Waals surface area contributed by atoms with Crippen molar-refractivity contribution in [2.45, 2.75) is 39.8 Å². The molecule has 0 aromatic carbocycles. The molecule has 0 fully saturated rings. The number of hydrazine groups is 1. The van der Waals surface area contributed by atoms with Crippen LogP contribution >= 0.6 is 0 Å². The van der Waals surface area contributed by atoms with Crippen LogP contribution < -0.4 is 21.9 Å². The number of hydrogen-bond acceptors (Lipinski definition) is 6. The number of aromatic nitrogens is 2. The smallest absolute Gasteiger partial charge is 0.242 e. The first-order valence-electron chi connectivity index (χ1n) is 5.80. The van der Waals surface area contributed by atoms with Crippen LogP contribution in [-0.4, -0.2) is 28.0 Å². The van der Waals surface area contributed by atoms with Gasteiger partial charge in [0.2, 0.25) is 5.91 Å². The number of nitrogens with zero attached hydrogens (tertiary/aromatic N) is 2. The SMILES string of the molecule is Cc1c(NN)ncnc1NC(C)C(=O)NC(C)C. The zero-order chi connectivity index (χ0) is 13.7. The second kappa shape index (κ2) is 6.15. The van der Waals surface area contributed by atoms with Gasteiger partial charge in [-0.3, -0.25) is 4.79 Å². The number of carbonyl (C=O) groups is 1. The summed E-state index contributed by atoms with van der Waals surface area (Å²) in [6, 6.07) is -0.277. The zero-order valence-corrected chi connectivity index (χ0v) is 11.1. The highest BCUT2D eigenvalue weighted by Crippen LogP contribution is 2.17. The predicted octanol–water partition coefficient (Wildman–Crippen LogP) is 0.396. The van der Waals surface area contributed by atoms with E-state index in [-0.39, 0.29) is 18.0 Å². The van der Waals surface area contributed by atoms with Gasteiger partial charge in [-0.25, -0.2) is 15.8 Å². The Hall–Kier alpha value is -1.89. The van der Waals surface area contributed by atoms with Gasteiger partial charge in [0, 0.05) is 11.6 Å². The van der Waals surface area contributed by atoms with E-state index in [2.05, 4.69) is 26.0 Å². The van der Waals surface area contributed by atoms with Gasteiger partial charge in [-0.1, -0.05) is 0 Å². The Morgan fingerprint density at radius 2 is 1.89 bits per heavy atom. The Morgan fingerprint density at radius 3 is 2.44 bits per heavy atom. The minimum Gasteiger partial charge on any atom is -0.358 e. The summed E-state index contributed by atoms with van der Waals surface area (Å²) in [5.74, 6) is 6.37. The lowest BCUT2D eigenvalue weighted by molar-refractivity contribution is -0.122. The van der Waals surface area contributed by atoms with Crippen LogP contribution in [0, 0.1) is 6.92 Å². The van der Waals surface area contributed by atoms with Crippen LogP contribution in [0.3, 0.4) is 0 Å². The lowest BCUT2D eigenvalue weighted by atomic mass is 10.2. The molecule has 0 aliphatic rings. The molecular formula is C11H20N6O. The molecule has 0 radical (unpaired) electrons. The van der Waals surface area contributed by atoms with E-state index in [1.54, 1.807) is 6.92 Å². The van der Waals surface area contributed by atoms with Crippen molar-refractivity contribution in [3.8, 4) is 0 Å². The molecule has 1 heterocycles. The monoisotopic (exact) mass is 252 g/mol. The molecule has 1 rings (SSSR count). The standard InChI is InChI=1S/C11H20N6O/c1-6(2)15-11(18)8(4)16-9-7(3)10(17-12)14-5-13-9/h5-6,8H,12H2,1-4H3,(H,15,18)(H2,13,14,16,17). The molecule has 0 saturated carbocycles. The van der Waals surface area contributed by atoms with Crippen LogP contribution in [0.4, 0.5) is 11.6 Å². The Labute approximate surface area is 107 Å². The average molecular weight is 252 g/mol. The number of carbonyl (C=O) groups excluding carboxylic acids is 1. The zero-order valence-electron chi connectivity index (χ0n) is 11.1. The Bertz CT molecular complexity index is 420. The van der Waals surface area contributed by atoms with Crippen molar-refractivity contribution in [1.82, 2.24) is 15.3 Å². The van der Waals surface area contributed by atoms with Crippen molar-refractivity contribution in [3.05, 3.63) is 11.9 Å². The average Bonchev–Trinajstić information content (AvgIpc) is 2.30. The van der Waals surface area contributed by atoms with Crippen molar-refractivity contribution in [2.24, 2.45) is 5.84 Å². The molecule has 18 heavy (non-hydrogen) atoms. The number of nitrogen functional groups attached to an aromatic ring is 1. The number of nitrogens with one attached hydrogen (secondary N) is 3. The van der Waals surface area contributed by atoms with Gasteiger partial charge >= 0.3 is 0 Å². The maximum absolute atomic E-state index is 11.8. The molecule has 1 aromatic rings. The molecule has 5 N–H and O–H groups in total. The van der Waals surface area contributed by atoms with Crippen LogP contribution in [-0.2, 0) is 4.79 Å². The van der Waals surface area contributed by atoms with E-state index in [1.807, 2.05) is 20.8 Å². The largest absolute Gasteiger partial charge is 0.358 e. The van der Waals surface area contributed by atoms with Gasteiger partial charge in [-0.05, 0) is 27.7 Å². The topological polar surface area (TPSA) is 105 Å². The number of amides is 1. The van der Waals surface area contributed by atoms with E-state index in [1.165, 1.54) is 6.33 Å². The third-order valence-electron chi connectivity index (χ3n) is 2.40. The number of nitrogens with two attached hydrogens (primary N) is 1. The fourth-order valence-electron chi connectivity index (χ4n) is 1.42. The van der Waals surface area contributed by atoms with Gasteiger partial charge in [0.1, 0.15) is 24.0 Å². The van der Waals surface area contributed by atoms with Gasteiger partial charge in [-0.15, -0.1) is 0 Å². The molecule has 0 spiro atoms. The van der Waals surface area contributed by atoms with Crippen LogP contribution in [0.5, 0.6) is 0 Å². The summed E-state index contributed by atoms with van der Waals surface area (Å²) in [4.78, 5) is 19.8. The molecule has 1 unspecified atom stereocenters. The first kappa shape index (κ1) is 14.2. The highest BCUT2D eigenvalue weighted by molar-refractivity contribution is 5.84. The minimum absolute atomic E-state index is 0.0785. The fraction of sp³-hybridized carbons (Fsp3) is 0.545. The lowest BCUT2D eigenvalue weighted by Crippen LogP contribution is -2.41. The summed E-state index contributed by atoms with van der Waals surface area (Å²) in [5, 5.41) is 5.86. The summed E-state index contributed by atoms with van der Waals surface area (Å²) in [6.45, 7) is 7.42. The molecule has 1 aromatic heterocycles. The van der Waals surface area contributed by atoms with Gasteiger partial charge in [0.15, 0.2) is 0 Å². The minimum atomic E-state index is -0.383. The van der Waals surface area contributed by atoms with E-state index >= 15 is 0 Å². The second-order valence-electron chi connectivity index (χ2n) is 4.37. The van der Waals surface area contributed by atoms with Crippen molar-refractivity contribution in [2.75, 3.05) is 10.7 Å². The molecule has 7 heteroatoms. The molecule has 0 bridgehead atoms. The van der Waals surface area contributed by atoms with Crippen molar-refractivity contribution in [3.63, 3.8) is 0 Å². The van der Waals surface area contributed by atoms with E-state index in [4.69, 9.17) is 5.84 Å². The third-order valence-corrected chi connectivity index (χ3v) is 2.40. The summed E-state index contributed by atoms with van der Waals surface area (Å²) >= 11 is 0. The van der Waals surface area contributed by atoms with Crippen LogP contribution in [0.2, 0.25) is 0 Å². The fourth-order valence-corrected chi connectivity index (χ4v) is 1.42. The molecular weight excluding hydrogens is 232 g/mol. The van der Waals surface area contributed by atoms with Crippen LogP contribution in [0.15, 0.2) is 6.33 Å². The Morgan fingerprint density at radius 1 is 1.28 bits per heavy atom. The second-order valence-corrected chi connectivity index (χ2v) is 4.37. The molecule has 0 aliphatic carbocycles. The number of anilines is 2. The van der Waals surface area contributed by atoms with E-state index in [9.17, 15) is 4.79 Å². The lowest BCUT2D eigenvalue weighted by Gasteiger charge is -2.18. The molecule has 7 nitrogen and oxygen atoms in total. The van der Waals surface area contributed by atoms with Crippen molar-refractivity contribution in [1.29, 1.82) is 0 Å². The van der Waals surface area contributed by atoms with E-state index < -0.39 is 0 Å². The summed E-state index contributed by atoms with van der Waals surface area (Å²) < 4.78 is 0. The van der Waals surface area contributed by atoms with Gasteiger partial charge < -0.3 is 16.1 Å². The Balaban J connectivity index is 2.75. The first-order chi connectivity index (χ1) is 8.45.